The van der Waals surface area contributed by atoms with Gasteiger partial charge in [0.25, 0.3) is 5.69 Å². The number of esters is 1. The van der Waals surface area contributed by atoms with Gasteiger partial charge < -0.3 is 4.74 Å². The van der Waals surface area contributed by atoms with Crippen molar-refractivity contribution in [3.05, 3.63) is 34.4 Å². The van der Waals surface area contributed by atoms with Gasteiger partial charge in [-0.2, -0.15) is 4.31 Å². The predicted molar refractivity (Wildman–Crippen MR) is 86.2 cm³/mol. The third-order valence-corrected chi connectivity index (χ3v) is 4.95. The molecule has 1 N–H and O–H groups in total. The van der Waals surface area contributed by atoms with E-state index >= 15 is 0 Å². The van der Waals surface area contributed by atoms with Gasteiger partial charge in [0.1, 0.15) is 5.75 Å². The molecule has 1 aliphatic carbocycles. The van der Waals surface area contributed by atoms with Crippen molar-refractivity contribution in [2.45, 2.75) is 25.0 Å². The van der Waals surface area contributed by atoms with E-state index in [1.54, 1.807) is 0 Å². The number of nitro groups is 1. The van der Waals surface area contributed by atoms with Crippen LogP contribution in [0.2, 0.25) is 0 Å². The van der Waals surface area contributed by atoms with E-state index in [0.717, 1.165) is 0 Å². The lowest BCUT2D eigenvalue weighted by molar-refractivity contribution is -0.384. The Balaban J connectivity index is 1.63. The zero-order chi connectivity index (χ0) is 18.7. The van der Waals surface area contributed by atoms with Crippen LogP contribution in [0.4, 0.5) is 5.69 Å². The second-order valence-corrected chi connectivity index (χ2v) is 6.57. The first-order chi connectivity index (χ1) is 12.5. The first kappa shape index (κ1) is 18.2. The van der Waals surface area contributed by atoms with E-state index in [0.29, 0.717) is 12.8 Å². The van der Waals surface area contributed by atoms with Crippen LogP contribution in [0, 0.1) is 16.0 Å². The van der Waals surface area contributed by atoms with Gasteiger partial charge in [-0.15, -0.1) is 10.2 Å². The van der Waals surface area contributed by atoms with Crippen LogP contribution < -0.4 is 4.74 Å². The minimum absolute atomic E-state index is 0.00207. The molecule has 0 amide bonds. The Labute approximate surface area is 149 Å². The van der Waals surface area contributed by atoms with Crippen LogP contribution in [0.3, 0.4) is 0 Å². The second kappa shape index (κ2) is 7.72. The second-order valence-electron chi connectivity index (χ2n) is 5.64. The molecule has 1 aromatic rings. The molecule has 3 unspecified atom stereocenters. The first-order valence-electron chi connectivity index (χ1n) is 7.59. The molecule has 1 heterocycles. The maximum absolute atomic E-state index is 12.3. The maximum Gasteiger partial charge on any atom is 0.315 e. The van der Waals surface area contributed by atoms with E-state index < -0.39 is 40.3 Å². The number of carbonyl (C=O) groups excluding carboxylic acids is 1. The summed E-state index contributed by atoms with van der Waals surface area (Å²) in [5, 5.41) is 24.7. The molecule has 13 heteroatoms. The molecule has 0 radical (unpaired) electrons. The Morgan fingerprint density at radius 3 is 2.46 bits per heavy atom. The van der Waals surface area contributed by atoms with Gasteiger partial charge in [-0.05, 0) is 35.4 Å². The lowest BCUT2D eigenvalue weighted by Gasteiger charge is -2.40. The third-order valence-electron chi connectivity index (χ3n) is 4.13. The van der Waals surface area contributed by atoms with Gasteiger partial charge in [-0.25, -0.2) is 4.21 Å². The molecule has 138 valence electrons. The summed E-state index contributed by atoms with van der Waals surface area (Å²) in [7, 11) is 0. The quantitative estimate of drug-likeness (QED) is 0.249. The largest absolute Gasteiger partial charge is 0.426 e. The number of benzene rings is 1. The Morgan fingerprint density at radius 1 is 1.31 bits per heavy atom. The van der Waals surface area contributed by atoms with Crippen LogP contribution in [0.5, 0.6) is 5.75 Å². The highest BCUT2D eigenvalue weighted by Gasteiger charge is 2.44. The highest BCUT2D eigenvalue weighted by atomic mass is 32.2. The van der Waals surface area contributed by atoms with Gasteiger partial charge in [0.15, 0.2) is 6.17 Å². The molecule has 0 saturated heterocycles. The fourth-order valence-corrected chi connectivity index (χ4v) is 3.41. The molecule has 2 aliphatic rings. The number of nitro benzene ring substituents is 1. The minimum Gasteiger partial charge on any atom is -0.426 e. The summed E-state index contributed by atoms with van der Waals surface area (Å²) in [6.07, 6.45) is 0.351. The fourth-order valence-electron chi connectivity index (χ4n) is 2.67. The van der Waals surface area contributed by atoms with Gasteiger partial charge in [0.2, 0.25) is 11.3 Å². The Hall–Kier alpha value is -2.64. The number of rotatable bonds is 7. The normalized spacial score (nSPS) is 23.0. The molecule has 12 nitrogen and oxygen atoms in total. The average molecular weight is 382 g/mol. The SMILES string of the molecule is O=C(Oc1ccc([N+](=O)[O-])cc1)C1CCC1N(CC1N=NN=N1)S(=O)O. The number of hydrogen-bond donors (Lipinski definition) is 1. The summed E-state index contributed by atoms with van der Waals surface area (Å²) < 4.78 is 27.6. The summed E-state index contributed by atoms with van der Waals surface area (Å²) in [5.41, 5.74) is -0.118. The van der Waals surface area contributed by atoms with Crippen LogP contribution >= 0.6 is 0 Å². The lowest BCUT2D eigenvalue weighted by Crippen LogP contribution is -2.53. The molecule has 3 atom stereocenters. The predicted octanol–water partition coefficient (Wildman–Crippen LogP) is 1.88. The Kier molecular flexibility index (Phi) is 5.39. The molecule has 0 bridgehead atoms. The number of nitrogens with zero attached hydrogens (tertiary/aromatic N) is 6. The molecule has 26 heavy (non-hydrogen) atoms. The summed E-state index contributed by atoms with van der Waals surface area (Å²) >= 11 is -2.32. The van der Waals surface area contributed by atoms with Crippen LogP contribution in [0.1, 0.15) is 12.8 Å². The van der Waals surface area contributed by atoms with Crippen LogP contribution in [0.25, 0.3) is 0 Å². The highest BCUT2D eigenvalue weighted by molar-refractivity contribution is 7.76. The Bertz CT molecular complexity index is 772. The summed E-state index contributed by atoms with van der Waals surface area (Å²) in [5.74, 6) is -1.00. The highest BCUT2D eigenvalue weighted by Crippen LogP contribution is 2.35. The molecule has 1 aromatic carbocycles. The molecular formula is C13H14N6O6S. The van der Waals surface area contributed by atoms with Crippen molar-refractivity contribution in [2.24, 2.45) is 26.6 Å². The monoisotopic (exact) mass is 382 g/mol. The van der Waals surface area contributed by atoms with Gasteiger partial charge in [-0.3, -0.25) is 19.5 Å². The van der Waals surface area contributed by atoms with E-state index in [1.807, 2.05) is 0 Å². The summed E-state index contributed by atoms with van der Waals surface area (Å²) in [6.45, 7) is 0.00207. The number of hydrogen-bond acceptors (Lipinski definition) is 9. The zero-order valence-electron chi connectivity index (χ0n) is 13.2. The Morgan fingerprint density at radius 2 is 1.96 bits per heavy atom. The van der Waals surface area contributed by atoms with Gasteiger partial charge in [-0.1, -0.05) is 0 Å². The van der Waals surface area contributed by atoms with Gasteiger partial charge in [0.05, 0.1) is 17.4 Å². The molecule has 0 spiro atoms. The van der Waals surface area contributed by atoms with Gasteiger partial charge in [0, 0.05) is 18.2 Å². The molecule has 1 saturated carbocycles. The van der Waals surface area contributed by atoms with E-state index in [9.17, 15) is 23.7 Å². The topological polar surface area (TPSA) is 159 Å². The van der Waals surface area contributed by atoms with Gasteiger partial charge >= 0.3 is 5.97 Å². The van der Waals surface area contributed by atoms with Crippen molar-refractivity contribution in [1.82, 2.24) is 4.31 Å². The number of ether oxygens (including phenoxy) is 1. The molecule has 0 aromatic heterocycles. The van der Waals surface area contributed by atoms with Crippen LogP contribution in [0.15, 0.2) is 44.9 Å². The maximum atomic E-state index is 12.3. The van der Waals surface area contributed by atoms with E-state index in [2.05, 4.69) is 20.7 Å². The van der Waals surface area contributed by atoms with Crippen LogP contribution in [-0.4, -0.2) is 42.7 Å². The van der Waals surface area contributed by atoms with E-state index in [-0.39, 0.29) is 18.0 Å². The standard InChI is InChI=1S/C13H14N6O6S/c20-13(25-9-3-1-8(2-4-9)19(21)22)10-5-6-11(10)18(26(23)24)7-12-14-16-17-15-12/h1-4,10-12H,5-7H2,(H,23,24). The number of carbonyl (C=O) groups is 1. The van der Waals surface area contributed by atoms with E-state index in [4.69, 9.17) is 4.74 Å². The smallest absolute Gasteiger partial charge is 0.315 e. The average Bonchev–Trinajstić information content (AvgIpc) is 3.06. The van der Waals surface area contributed by atoms with Crippen molar-refractivity contribution >= 4 is 22.9 Å². The molecule has 1 fully saturated rings. The van der Waals surface area contributed by atoms with Crippen LogP contribution in [-0.2, 0) is 16.1 Å². The van der Waals surface area contributed by atoms with Crippen molar-refractivity contribution < 1.29 is 23.2 Å². The molecular weight excluding hydrogens is 368 g/mol. The number of non-ortho nitro benzene ring substituents is 1. The summed E-state index contributed by atoms with van der Waals surface area (Å²) in [4.78, 5) is 22.4. The van der Waals surface area contributed by atoms with Crippen molar-refractivity contribution in [3.63, 3.8) is 0 Å². The molecule has 3 rings (SSSR count). The minimum atomic E-state index is -2.32. The first-order valence-corrected chi connectivity index (χ1v) is 8.66. The van der Waals surface area contributed by atoms with E-state index in [1.165, 1.54) is 28.6 Å². The lowest BCUT2D eigenvalue weighted by atomic mass is 9.79. The molecule has 1 aliphatic heterocycles. The van der Waals surface area contributed by atoms with Crippen molar-refractivity contribution in [2.75, 3.05) is 6.54 Å². The zero-order valence-corrected chi connectivity index (χ0v) is 14.1. The van der Waals surface area contributed by atoms with Crippen molar-refractivity contribution in [3.8, 4) is 5.75 Å². The van der Waals surface area contributed by atoms with Crippen molar-refractivity contribution in [1.29, 1.82) is 0 Å². The third kappa shape index (κ3) is 3.95. The fraction of sp³-hybridized carbons (Fsp3) is 0.462. The summed E-state index contributed by atoms with van der Waals surface area (Å²) in [6, 6.07) is 4.60.